The van der Waals surface area contributed by atoms with Crippen LogP contribution < -0.4 is 9.62 Å². The van der Waals surface area contributed by atoms with Crippen LogP contribution in [0.15, 0.2) is 43.0 Å². The highest BCUT2D eigenvalue weighted by atomic mass is 32.2. The van der Waals surface area contributed by atoms with Crippen LogP contribution in [-0.2, 0) is 15.0 Å². The number of amides is 1. The topological polar surface area (TPSA) is 144 Å². The van der Waals surface area contributed by atoms with Crippen molar-refractivity contribution in [3.05, 3.63) is 65.7 Å². The minimum absolute atomic E-state index is 0.0357. The quantitative estimate of drug-likeness (QED) is 0.268. The number of rotatable bonds is 9. The number of hydrogen-bond acceptors (Lipinski definition) is 8. The van der Waals surface area contributed by atoms with Crippen LogP contribution in [0.3, 0.4) is 0 Å². The number of carbonyl (C=O) groups excluding carboxylic acids is 2. The monoisotopic (exact) mass is 626 g/mol. The molecule has 0 bridgehead atoms. The Morgan fingerprint density at radius 3 is 2.36 bits per heavy atom. The van der Waals surface area contributed by atoms with Gasteiger partial charge in [-0.25, -0.2) is 23.7 Å². The zero-order valence-corrected chi connectivity index (χ0v) is 25.5. The Bertz CT molecular complexity index is 1820. The number of nitrogens with zero attached hydrogens (tertiary/aromatic N) is 6. The van der Waals surface area contributed by atoms with Crippen LogP contribution in [0.4, 0.5) is 20.4 Å². The second-order valence-corrected chi connectivity index (χ2v) is 12.4. The summed E-state index contributed by atoms with van der Waals surface area (Å²) in [5, 5.41) is 0.309. The first-order valence-corrected chi connectivity index (χ1v) is 15.4. The Morgan fingerprint density at radius 2 is 1.73 bits per heavy atom. The Morgan fingerprint density at radius 1 is 1.07 bits per heavy atom. The van der Waals surface area contributed by atoms with Crippen molar-refractivity contribution in [3.8, 4) is 11.1 Å². The van der Waals surface area contributed by atoms with Crippen molar-refractivity contribution in [1.29, 1.82) is 0 Å². The number of anilines is 2. The zero-order valence-electron chi connectivity index (χ0n) is 24.6. The normalized spacial score (nSPS) is 14.3. The highest BCUT2D eigenvalue weighted by molar-refractivity contribution is 7.90. The van der Waals surface area contributed by atoms with E-state index in [2.05, 4.69) is 29.6 Å². The summed E-state index contributed by atoms with van der Waals surface area (Å²) >= 11 is 0. The molecule has 4 aromatic rings. The van der Waals surface area contributed by atoms with Crippen molar-refractivity contribution in [2.45, 2.75) is 32.7 Å². The van der Waals surface area contributed by atoms with Gasteiger partial charge < -0.3 is 14.8 Å². The smallest absolute Gasteiger partial charge is 0.301 e. The Kier molecular flexibility index (Phi) is 8.61. The van der Waals surface area contributed by atoms with Crippen molar-refractivity contribution in [1.82, 2.24) is 29.1 Å². The molecule has 1 aromatic carbocycles. The molecule has 2 N–H and O–H groups in total. The second kappa shape index (κ2) is 12.2. The van der Waals surface area contributed by atoms with Crippen molar-refractivity contribution < 1.29 is 26.8 Å². The van der Waals surface area contributed by atoms with Crippen LogP contribution in [-0.4, -0.2) is 89.0 Å². The third-order valence-electron chi connectivity index (χ3n) is 7.95. The van der Waals surface area contributed by atoms with Crippen molar-refractivity contribution >= 4 is 44.6 Å². The molecule has 0 spiro atoms. The van der Waals surface area contributed by atoms with E-state index >= 15 is 4.39 Å². The standard InChI is InChI=1S/C29H32F2N8O4S/c1-5-37(3)44(42,43)36-24-7-6-23(30)25(26(24)31)27(41)22-16-33-28-21(22)12-18(13-32-28)19-14-34-29(35-15-19)39-10-8-20(9-11-39)38(4)17(2)40/h6-7,12-16,20,36H,5,8-11H2,1-4H3,(H,32,33). The maximum Gasteiger partial charge on any atom is 0.301 e. The van der Waals surface area contributed by atoms with E-state index in [0.29, 0.717) is 41.2 Å². The minimum Gasteiger partial charge on any atom is -0.345 e. The summed E-state index contributed by atoms with van der Waals surface area (Å²) in [5.41, 5.74) is -0.000916. The van der Waals surface area contributed by atoms with Gasteiger partial charge in [0.25, 0.3) is 0 Å². The van der Waals surface area contributed by atoms with E-state index in [0.717, 1.165) is 29.3 Å². The molecule has 1 aliphatic heterocycles. The number of carbonyl (C=O) groups is 2. The van der Waals surface area contributed by atoms with Gasteiger partial charge in [0.1, 0.15) is 11.5 Å². The van der Waals surface area contributed by atoms with E-state index in [4.69, 9.17) is 0 Å². The molecule has 0 saturated carbocycles. The molecule has 12 nitrogen and oxygen atoms in total. The summed E-state index contributed by atoms with van der Waals surface area (Å²) in [6.07, 6.45) is 7.74. The lowest BCUT2D eigenvalue weighted by Gasteiger charge is -2.36. The summed E-state index contributed by atoms with van der Waals surface area (Å²) in [7, 11) is -1.02. The predicted octanol–water partition coefficient (Wildman–Crippen LogP) is 3.58. The lowest BCUT2D eigenvalue weighted by Crippen LogP contribution is -2.45. The number of benzene rings is 1. The van der Waals surface area contributed by atoms with Crippen LogP contribution >= 0.6 is 0 Å². The number of H-pyrrole nitrogens is 1. The molecule has 1 fully saturated rings. The maximum absolute atomic E-state index is 15.4. The molecule has 44 heavy (non-hydrogen) atoms. The third-order valence-corrected chi connectivity index (χ3v) is 9.51. The van der Waals surface area contributed by atoms with Gasteiger partial charge >= 0.3 is 10.2 Å². The number of ketones is 1. The van der Waals surface area contributed by atoms with Gasteiger partial charge in [-0.1, -0.05) is 6.92 Å². The Balaban J connectivity index is 1.39. The molecule has 1 aliphatic rings. The fourth-order valence-electron chi connectivity index (χ4n) is 5.05. The number of halogens is 2. The molecule has 0 radical (unpaired) electrons. The molecule has 15 heteroatoms. The van der Waals surface area contributed by atoms with E-state index < -0.39 is 38.9 Å². The molecule has 232 valence electrons. The van der Waals surface area contributed by atoms with Crippen LogP contribution in [0.25, 0.3) is 22.2 Å². The summed E-state index contributed by atoms with van der Waals surface area (Å²) < 4.78 is 58.1. The lowest BCUT2D eigenvalue weighted by molar-refractivity contribution is -0.129. The molecule has 0 aliphatic carbocycles. The van der Waals surface area contributed by atoms with Crippen molar-refractivity contribution in [2.24, 2.45) is 0 Å². The first-order valence-electron chi connectivity index (χ1n) is 14.0. The van der Waals surface area contributed by atoms with Gasteiger partial charge in [0.05, 0.1) is 11.3 Å². The fourth-order valence-corrected chi connectivity index (χ4v) is 5.99. The minimum atomic E-state index is -4.12. The summed E-state index contributed by atoms with van der Waals surface area (Å²) in [5.74, 6) is -2.87. The molecular formula is C29H32F2N8O4S. The zero-order chi connectivity index (χ0) is 31.8. The highest BCUT2D eigenvalue weighted by Gasteiger charge is 2.28. The average molecular weight is 627 g/mol. The average Bonchev–Trinajstić information content (AvgIpc) is 3.45. The molecule has 3 aromatic heterocycles. The summed E-state index contributed by atoms with van der Waals surface area (Å²) in [6, 6.07) is 3.58. The van der Waals surface area contributed by atoms with Gasteiger partial charge in [-0.2, -0.15) is 12.7 Å². The van der Waals surface area contributed by atoms with Gasteiger partial charge in [0, 0.05) is 93.6 Å². The molecule has 1 amide bonds. The molecule has 5 rings (SSSR count). The van der Waals surface area contributed by atoms with Crippen LogP contribution in [0.2, 0.25) is 0 Å². The molecular weight excluding hydrogens is 594 g/mol. The second-order valence-electron chi connectivity index (χ2n) is 10.6. The van der Waals surface area contributed by atoms with Crippen LogP contribution in [0.5, 0.6) is 0 Å². The van der Waals surface area contributed by atoms with Gasteiger partial charge in [-0.05, 0) is 31.0 Å². The predicted molar refractivity (Wildman–Crippen MR) is 161 cm³/mol. The summed E-state index contributed by atoms with van der Waals surface area (Å²) in [6.45, 7) is 4.67. The SMILES string of the molecule is CCN(C)S(=O)(=O)Nc1ccc(F)c(C(=O)c2c[nH]c3ncc(-c4cnc(N5CCC(N(C)C(C)=O)CC5)nc4)cc23)c1F. The van der Waals surface area contributed by atoms with E-state index in [1.54, 1.807) is 43.4 Å². The number of nitrogens with one attached hydrogen (secondary N) is 2. The van der Waals surface area contributed by atoms with E-state index in [-0.39, 0.29) is 24.1 Å². The van der Waals surface area contributed by atoms with Gasteiger partial charge in [-0.3, -0.25) is 14.3 Å². The van der Waals surface area contributed by atoms with Crippen LogP contribution in [0, 0.1) is 11.6 Å². The maximum atomic E-state index is 15.4. The Labute approximate surface area is 253 Å². The molecule has 1 saturated heterocycles. The number of hydrogen-bond donors (Lipinski definition) is 2. The number of piperidine rings is 1. The molecule has 0 atom stereocenters. The van der Waals surface area contributed by atoms with Crippen molar-refractivity contribution in [3.63, 3.8) is 0 Å². The number of pyridine rings is 1. The first-order chi connectivity index (χ1) is 20.9. The van der Waals surface area contributed by atoms with Crippen LogP contribution in [0.1, 0.15) is 42.6 Å². The molecule has 4 heterocycles. The largest absolute Gasteiger partial charge is 0.345 e. The first kappa shape index (κ1) is 30.9. The summed E-state index contributed by atoms with van der Waals surface area (Å²) in [4.78, 5) is 45.2. The number of aromatic nitrogens is 4. The fraction of sp³-hybridized carbons (Fsp3) is 0.345. The lowest BCUT2D eigenvalue weighted by atomic mass is 10.0. The van der Waals surface area contributed by atoms with E-state index in [1.165, 1.54) is 13.2 Å². The van der Waals surface area contributed by atoms with Gasteiger partial charge in [-0.15, -0.1) is 0 Å². The van der Waals surface area contributed by atoms with Crippen molar-refractivity contribution in [2.75, 3.05) is 43.4 Å². The van der Waals surface area contributed by atoms with E-state index in [9.17, 15) is 22.4 Å². The van der Waals surface area contributed by atoms with E-state index in [1.807, 2.05) is 7.05 Å². The number of aromatic amines is 1. The molecule has 0 unspecified atom stereocenters. The highest BCUT2D eigenvalue weighted by Crippen LogP contribution is 2.30. The third kappa shape index (κ3) is 5.97. The van der Waals surface area contributed by atoms with Gasteiger partial charge in [0.15, 0.2) is 5.82 Å². The number of fused-ring (bicyclic) bond motifs is 1. The van der Waals surface area contributed by atoms with Gasteiger partial charge in [0.2, 0.25) is 17.6 Å². The Hall–Kier alpha value is -4.50.